The number of pyridine rings is 2. The Morgan fingerprint density at radius 2 is 2.07 bits per heavy atom. The number of hydrogen-bond acceptors (Lipinski definition) is 7. The van der Waals surface area contributed by atoms with Gasteiger partial charge < -0.3 is 16.2 Å². The number of nitrogen functional groups attached to an aromatic ring is 2. The van der Waals surface area contributed by atoms with Crippen molar-refractivity contribution >= 4 is 44.9 Å². The predicted molar refractivity (Wildman–Crippen MR) is 115 cm³/mol. The van der Waals surface area contributed by atoms with Crippen molar-refractivity contribution in [1.29, 1.82) is 0 Å². The molecule has 2 atom stereocenters. The van der Waals surface area contributed by atoms with Crippen molar-refractivity contribution in [3.63, 3.8) is 0 Å². The van der Waals surface area contributed by atoms with E-state index in [0.717, 1.165) is 0 Å². The molecule has 1 fully saturated rings. The second kappa shape index (κ2) is 7.86. The average Bonchev–Trinajstić information content (AvgIpc) is 3.11. The molecule has 156 valence electrons. The van der Waals surface area contributed by atoms with Crippen LogP contribution in [0.1, 0.15) is 12.0 Å². The fraction of sp³-hybridized carbons (Fsp3) is 0.250. The number of rotatable bonds is 3. The van der Waals surface area contributed by atoms with Crippen molar-refractivity contribution in [1.82, 2.24) is 9.97 Å². The second-order valence-corrected chi connectivity index (χ2v) is 8.72. The lowest BCUT2D eigenvalue weighted by Crippen LogP contribution is -2.23. The number of nitrogens with one attached hydrogen (secondary N) is 1. The first kappa shape index (κ1) is 20.0. The molecule has 10 heteroatoms. The van der Waals surface area contributed by atoms with Crippen molar-refractivity contribution in [2.45, 2.75) is 19.4 Å². The molecule has 5 N–H and O–H groups in total. The standard InChI is InChI=1S/C20H20FN5O3S/c1-10-14(6-24-8-16(10)22)13-4-11-5-17(25-7-15(11)19(23)18(13)21)26-20(27)29-12-2-3-30(28)9-12/h4-8,12H,2-3,9,22-23H2,1H3,(H,25,26,27). The van der Waals surface area contributed by atoms with E-state index in [1.54, 1.807) is 19.1 Å². The number of carbonyl (C=O) groups is 1. The molecular weight excluding hydrogens is 409 g/mol. The summed E-state index contributed by atoms with van der Waals surface area (Å²) in [5.41, 5.74) is 13.8. The van der Waals surface area contributed by atoms with Gasteiger partial charge in [-0.3, -0.25) is 14.5 Å². The Bertz CT molecular complexity index is 1190. The minimum atomic E-state index is -0.948. The van der Waals surface area contributed by atoms with E-state index in [-0.39, 0.29) is 23.2 Å². The van der Waals surface area contributed by atoms with Gasteiger partial charge in [-0.15, -0.1) is 0 Å². The van der Waals surface area contributed by atoms with Crippen LogP contribution in [0.5, 0.6) is 0 Å². The Kier molecular flexibility index (Phi) is 5.25. The number of hydrogen-bond donors (Lipinski definition) is 3. The molecule has 1 saturated heterocycles. The maximum atomic E-state index is 15.0. The van der Waals surface area contributed by atoms with Gasteiger partial charge in [-0.1, -0.05) is 0 Å². The Morgan fingerprint density at radius 1 is 1.27 bits per heavy atom. The van der Waals surface area contributed by atoms with E-state index in [1.165, 1.54) is 18.6 Å². The Morgan fingerprint density at radius 3 is 2.80 bits per heavy atom. The lowest BCUT2D eigenvalue weighted by molar-refractivity contribution is 0.124. The van der Waals surface area contributed by atoms with Crippen LogP contribution in [0, 0.1) is 12.7 Å². The third-order valence-corrected chi connectivity index (χ3v) is 6.52. The first-order valence-corrected chi connectivity index (χ1v) is 10.7. The summed E-state index contributed by atoms with van der Waals surface area (Å²) in [6.07, 6.45) is 3.93. The molecule has 1 aromatic carbocycles. The molecule has 0 radical (unpaired) electrons. The maximum absolute atomic E-state index is 15.0. The number of halogens is 1. The number of anilines is 3. The smallest absolute Gasteiger partial charge is 0.413 e. The van der Waals surface area contributed by atoms with E-state index < -0.39 is 22.7 Å². The van der Waals surface area contributed by atoms with Crippen LogP contribution >= 0.6 is 0 Å². The molecule has 2 unspecified atom stereocenters. The van der Waals surface area contributed by atoms with Crippen LogP contribution in [-0.4, -0.2) is 37.9 Å². The van der Waals surface area contributed by atoms with E-state index in [9.17, 15) is 13.4 Å². The summed E-state index contributed by atoms with van der Waals surface area (Å²) in [6.45, 7) is 1.78. The third-order valence-electron chi connectivity index (χ3n) is 5.09. The van der Waals surface area contributed by atoms with Gasteiger partial charge in [-0.25, -0.2) is 14.2 Å². The number of aromatic nitrogens is 2. The molecule has 0 saturated carbocycles. The molecule has 30 heavy (non-hydrogen) atoms. The topological polar surface area (TPSA) is 133 Å². The molecule has 1 amide bonds. The number of carbonyl (C=O) groups excluding carboxylic acids is 1. The zero-order valence-corrected chi connectivity index (χ0v) is 17.0. The summed E-state index contributed by atoms with van der Waals surface area (Å²) in [6, 6.07) is 3.19. The number of nitrogens with two attached hydrogens (primary N) is 2. The Hall–Kier alpha value is -3.27. The van der Waals surface area contributed by atoms with E-state index in [0.29, 0.717) is 45.5 Å². The van der Waals surface area contributed by atoms with Crippen molar-refractivity contribution in [3.05, 3.63) is 42.1 Å². The molecule has 1 aliphatic heterocycles. The Labute approximate surface area is 174 Å². The van der Waals surface area contributed by atoms with Gasteiger partial charge in [-0.05, 0) is 36.4 Å². The normalized spacial score (nSPS) is 18.5. The van der Waals surface area contributed by atoms with Crippen LogP contribution in [0.15, 0.2) is 30.7 Å². The zero-order chi connectivity index (χ0) is 21.4. The van der Waals surface area contributed by atoms with Gasteiger partial charge in [0.1, 0.15) is 11.9 Å². The molecule has 0 spiro atoms. The Balaban J connectivity index is 1.66. The monoisotopic (exact) mass is 429 g/mol. The molecule has 3 aromatic rings. The largest absolute Gasteiger partial charge is 0.445 e. The number of ether oxygens (including phenoxy) is 1. The maximum Gasteiger partial charge on any atom is 0.413 e. The summed E-state index contributed by atoms with van der Waals surface area (Å²) in [5, 5.41) is 3.55. The minimum absolute atomic E-state index is 0.0561. The highest BCUT2D eigenvalue weighted by Crippen LogP contribution is 2.36. The van der Waals surface area contributed by atoms with Crippen LogP contribution < -0.4 is 16.8 Å². The van der Waals surface area contributed by atoms with E-state index in [1.807, 2.05) is 0 Å². The zero-order valence-electron chi connectivity index (χ0n) is 16.1. The van der Waals surface area contributed by atoms with Crippen molar-refractivity contribution in [2.24, 2.45) is 0 Å². The van der Waals surface area contributed by atoms with Gasteiger partial charge in [0.25, 0.3) is 0 Å². The lowest BCUT2D eigenvalue weighted by Gasteiger charge is -2.14. The van der Waals surface area contributed by atoms with Crippen LogP contribution in [0.25, 0.3) is 21.9 Å². The first-order chi connectivity index (χ1) is 14.3. The number of benzene rings is 1. The fourth-order valence-electron chi connectivity index (χ4n) is 3.39. The molecule has 3 heterocycles. The summed E-state index contributed by atoms with van der Waals surface area (Å²) in [4.78, 5) is 20.3. The van der Waals surface area contributed by atoms with Crippen LogP contribution in [0.4, 0.5) is 26.4 Å². The number of amides is 1. The molecule has 4 rings (SSSR count). The predicted octanol–water partition coefficient (Wildman–Crippen LogP) is 2.98. The summed E-state index contributed by atoms with van der Waals surface area (Å²) in [5.74, 6) is 0.504. The lowest BCUT2D eigenvalue weighted by atomic mass is 9.97. The summed E-state index contributed by atoms with van der Waals surface area (Å²) < 4.78 is 31.7. The molecule has 1 aliphatic rings. The van der Waals surface area contributed by atoms with Gasteiger partial charge in [0.2, 0.25) is 0 Å². The van der Waals surface area contributed by atoms with E-state index in [2.05, 4.69) is 15.3 Å². The quantitative estimate of drug-likeness (QED) is 0.545. The van der Waals surface area contributed by atoms with Crippen LogP contribution in [0.3, 0.4) is 0 Å². The van der Waals surface area contributed by atoms with Gasteiger partial charge in [0.15, 0.2) is 5.82 Å². The molecule has 8 nitrogen and oxygen atoms in total. The molecule has 2 aromatic heterocycles. The third kappa shape index (κ3) is 3.78. The minimum Gasteiger partial charge on any atom is -0.445 e. The van der Waals surface area contributed by atoms with Gasteiger partial charge in [0.05, 0.1) is 23.3 Å². The number of fused-ring (bicyclic) bond motifs is 1. The van der Waals surface area contributed by atoms with Gasteiger partial charge in [0, 0.05) is 45.5 Å². The first-order valence-electron chi connectivity index (χ1n) is 9.24. The van der Waals surface area contributed by atoms with Crippen molar-refractivity contribution in [3.8, 4) is 11.1 Å². The van der Waals surface area contributed by atoms with Crippen molar-refractivity contribution in [2.75, 3.05) is 28.3 Å². The second-order valence-electron chi connectivity index (χ2n) is 7.10. The highest BCUT2D eigenvalue weighted by molar-refractivity contribution is 7.85. The highest BCUT2D eigenvalue weighted by atomic mass is 32.2. The van der Waals surface area contributed by atoms with E-state index in [4.69, 9.17) is 16.2 Å². The van der Waals surface area contributed by atoms with Gasteiger partial charge >= 0.3 is 6.09 Å². The SMILES string of the molecule is Cc1c(N)cncc1-c1cc2cc(NC(=O)OC3CCS(=O)C3)ncc2c(N)c1F. The highest BCUT2D eigenvalue weighted by Gasteiger charge is 2.25. The molecule has 0 aliphatic carbocycles. The number of nitrogens with zero attached hydrogens (tertiary/aromatic N) is 2. The van der Waals surface area contributed by atoms with Crippen molar-refractivity contribution < 1.29 is 18.1 Å². The summed E-state index contributed by atoms with van der Waals surface area (Å²) in [7, 11) is -0.948. The molecule has 0 bridgehead atoms. The molecular formula is C20H20FN5O3S. The van der Waals surface area contributed by atoms with E-state index >= 15 is 0 Å². The summed E-state index contributed by atoms with van der Waals surface area (Å²) >= 11 is 0. The van der Waals surface area contributed by atoms with Crippen LogP contribution in [0.2, 0.25) is 0 Å². The fourth-order valence-corrected chi connectivity index (χ4v) is 4.73. The van der Waals surface area contributed by atoms with Gasteiger partial charge in [-0.2, -0.15) is 0 Å². The average molecular weight is 429 g/mol. The van der Waals surface area contributed by atoms with Crippen LogP contribution in [-0.2, 0) is 15.5 Å².